The highest BCUT2D eigenvalue weighted by Gasteiger charge is 2.52. The zero-order valence-electron chi connectivity index (χ0n) is 10.4. The second kappa shape index (κ2) is 5.25. The monoisotopic (exact) mass is 243 g/mol. The summed E-state index contributed by atoms with van der Waals surface area (Å²) < 4.78 is 13.9. The summed E-state index contributed by atoms with van der Waals surface area (Å²) in [5.41, 5.74) is 6.08. The van der Waals surface area contributed by atoms with Crippen LogP contribution in [-0.4, -0.2) is 35.4 Å². The third-order valence-electron chi connectivity index (χ3n) is 4.60. The SMILES string of the molecule is CB(O)CCCC1C(N)CC2CC(O)C(F)C21. The normalized spacial score (nSPS) is 45.0. The Morgan fingerprint density at radius 1 is 1.41 bits per heavy atom. The van der Waals surface area contributed by atoms with E-state index in [0.717, 1.165) is 25.6 Å². The van der Waals surface area contributed by atoms with Gasteiger partial charge in [0, 0.05) is 6.04 Å². The van der Waals surface area contributed by atoms with E-state index in [1.807, 2.05) is 0 Å². The van der Waals surface area contributed by atoms with Crippen LogP contribution in [0.4, 0.5) is 4.39 Å². The Labute approximate surface area is 103 Å². The van der Waals surface area contributed by atoms with Crippen molar-refractivity contribution in [3.05, 3.63) is 0 Å². The Kier molecular flexibility index (Phi) is 4.11. The fourth-order valence-corrected chi connectivity index (χ4v) is 3.82. The van der Waals surface area contributed by atoms with Crippen molar-refractivity contribution in [2.45, 2.75) is 57.1 Å². The Morgan fingerprint density at radius 2 is 2.12 bits per heavy atom. The minimum Gasteiger partial charge on any atom is -0.451 e. The van der Waals surface area contributed by atoms with Crippen LogP contribution in [0.15, 0.2) is 0 Å². The molecule has 4 N–H and O–H groups in total. The maximum absolute atomic E-state index is 13.9. The van der Waals surface area contributed by atoms with E-state index in [4.69, 9.17) is 5.73 Å². The summed E-state index contributed by atoms with van der Waals surface area (Å²) in [7, 11) is 0. The fraction of sp³-hybridized carbons (Fsp3) is 1.00. The molecule has 0 radical (unpaired) electrons. The topological polar surface area (TPSA) is 66.5 Å². The van der Waals surface area contributed by atoms with Crippen LogP contribution in [0.2, 0.25) is 13.1 Å². The highest BCUT2D eigenvalue weighted by molar-refractivity contribution is 6.48. The van der Waals surface area contributed by atoms with Gasteiger partial charge in [0.2, 0.25) is 0 Å². The number of aliphatic hydroxyl groups is 1. The largest absolute Gasteiger partial charge is 0.451 e. The molecular formula is C12H23BFNO2. The van der Waals surface area contributed by atoms with E-state index < -0.39 is 12.3 Å². The summed E-state index contributed by atoms with van der Waals surface area (Å²) in [6.45, 7) is 1.48. The summed E-state index contributed by atoms with van der Waals surface area (Å²) in [4.78, 5) is 0. The van der Waals surface area contributed by atoms with Crippen LogP contribution in [0, 0.1) is 17.8 Å². The van der Waals surface area contributed by atoms with Crippen LogP contribution in [0.25, 0.3) is 0 Å². The first-order chi connectivity index (χ1) is 8.00. The highest BCUT2D eigenvalue weighted by Crippen LogP contribution is 2.50. The van der Waals surface area contributed by atoms with E-state index in [9.17, 15) is 14.5 Å². The third kappa shape index (κ3) is 2.66. The van der Waals surface area contributed by atoms with Gasteiger partial charge in [0.1, 0.15) is 6.17 Å². The van der Waals surface area contributed by atoms with Crippen molar-refractivity contribution < 1.29 is 14.5 Å². The van der Waals surface area contributed by atoms with Gasteiger partial charge in [-0.2, -0.15) is 0 Å². The van der Waals surface area contributed by atoms with Crippen molar-refractivity contribution in [1.29, 1.82) is 0 Å². The predicted molar refractivity (Wildman–Crippen MR) is 66.5 cm³/mol. The molecule has 2 saturated carbocycles. The smallest absolute Gasteiger partial charge is 0.285 e. The quantitative estimate of drug-likeness (QED) is 0.647. The molecule has 0 spiro atoms. The molecule has 5 heteroatoms. The molecule has 0 heterocycles. The Hall–Kier alpha value is -0.125. The maximum Gasteiger partial charge on any atom is 0.285 e. The number of halogens is 1. The lowest BCUT2D eigenvalue weighted by atomic mass is 9.66. The molecular weight excluding hydrogens is 220 g/mol. The second-order valence-corrected chi connectivity index (χ2v) is 5.93. The van der Waals surface area contributed by atoms with Crippen molar-refractivity contribution >= 4 is 6.92 Å². The number of alkyl halides is 1. The predicted octanol–water partition coefficient (Wildman–Crippen LogP) is 1.06. The molecule has 0 aromatic rings. The molecule has 0 aromatic carbocycles. The minimum absolute atomic E-state index is 0.0472. The molecule has 3 nitrogen and oxygen atoms in total. The van der Waals surface area contributed by atoms with Crippen LogP contribution in [0.1, 0.15) is 25.7 Å². The van der Waals surface area contributed by atoms with E-state index >= 15 is 0 Å². The van der Waals surface area contributed by atoms with Gasteiger partial charge in [-0.15, -0.1) is 0 Å². The van der Waals surface area contributed by atoms with Crippen molar-refractivity contribution in [3.63, 3.8) is 0 Å². The third-order valence-corrected chi connectivity index (χ3v) is 4.60. The van der Waals surface area contributed by atoms with Gasteiger partial charge in [0.05, 0.1) is 6.10 Å². The fourth-order valence-electron chi connectivity index (χ4n) is 3.82. The minimum atomic E-state index is -1.09. The van der Waals surface area contributed by atoms with E-state index in [1.165, 1.54) is 0 Å². The molecule has 2 aliphatic carbocycles. The molecule has 0 amide bonds. The van der Waals surface area contributed by atoms with Crippen molar-refractivity contribution in [2.75, 3.05) is 0 Å². The first-order valence-electron chi connectivity index (χ1n) is 6.76. The molecule has 98 valence electrons. The molecule has 0 saturated heterocycles. The van der Waals surface area contributed by atoms with Crippen molar-refractivity contribution in [1.82, 2.24) is 0 Å². The number of hydrogen-bond donors (Lipinski definition) is 3. The van der Waals surface area contributed by atoms with Crippen LogP contribution in [0.5, 0.6) is 0 Å². The van der Waals surface area contributed by atoms with Gasteiger partial charge in [-0.05, 0) is 43.3 Å². The average molecular weight is 243 g/mol. The summed E-state index contributed by atoms with van der Waals surface area (Å²) >= 11 is 0. The van der Waals surface area contributed by atoms with Gasteiger partial charge in [-0.3, -0.25) is 0 Å². The number of fused-ring (bicyclic) bond motifs is 1. The van der Waals surface area contributed by atoms with E-state index in [0.29, 0.717) is 6.42 Å². The van der Waals surface area contributed by atoms with Gasteiger partial charge in [0.15, 0.2) is 0 Å². The number of rotatable bonds is 4. The van der Waals surface area contributed by atoms with E-state index in [2.05, 4.69) is 0 Å². The number of aliphatic hydroxyl groups excluding tert-OH is 1. The van der Waals surface area contributed by atoms with Crippen LogP contribution in [0.3, 0.4) is 0 Å². The molecule has 0 aromatic heterocycles. The van der Waals surface area contributed by atoms with Gasteiger partial charge in [0.25, 0.3) is 6.92 Å². The molecule has 2 aliphatic rings. The first-order valence-corrected chi connectivity index (χ1v) is 6.76. The van der Waals surface area contributed by atoms with Gasteiger partial charge < -0.3 is 15.9 Å². The lowest BCUT2D eigenvalue weighted by Gasteiger charge is -2.24. The van der Waals surface area contributed by atoms with E-state index in [1.54, 1.807) is 6.82 Å². The molecule has 0 bridgehead atoms. The first kappa shape index (κ1) is 13.3. The van der Waals surface area contributed by atoms with Crippen LogP contribution < -0.4 is 5.73 Å². The lowest BCUT2D eigenvalue weighted by Crippen LogP contribution is -2.33. The summed E-state index contributed by atoms with van der Waals surface area (Å²) in [6.07, 6.45) is 2.07. The van der Waals surface area contributed by atoms with Gasteiger partial charge in [-0.25, -0.2) is 4.39 Å². The summed E-state index contributed by atoms with van der Waals surface area (Å²) in [5.74, 6) is 0.409. The van der Waals surface area contributed by atoms with Gasteiger partial charge in [-0.1, -0.05) is 13.2 Å². The van der Waals surface area contributed by atoms with E-state index in [-0.39, 0.29) is 30.7 Å². The molecule has 0 aliphatic heterocycles. The maximum atomic E-state index is 13.9. The molecule has 6 unspecified atom stereocenters. The lowest BCUT2D eigenvalue weighted by molar-refractivity contribution is 0.0671. The molecule has 2 fully saturated rings. The second-order valence-electron chi connectivity index (χ2n) is 5.93. The van der Waals surface area contributed by atoms with Crippen molar-refractivity contribution in [2.24, 2.45) is 23.5 Å². The standard InChI is InChI=1S/C12H23BFNO2/c1-13(17)4-2-3-8-9(15)5-7-6-10(16)12(14)11(7)8/h7-12,16-17H,2-6,15H2,1H3. The zero-order chi connectivity index (χ0) is 12.6. The molecule has 6 atom stereocenters. The van der Waals surface area contributed by atoms with Crippen LogP contribution >= 0.6 is 0 Å². The van der Waals surface area contributed by atoms with Crippen molar-refractivity contribution in [3.8, 4) is 0 Å². The summed E-state index contributed by atoms with van der Waals surface area (Å²) in [6, 6.07) is 0.0738. The molecule has 17 heavy (non-hydrogen) atoms. The van der Waals surface area contributed by atoms with Gasteiger partial charge >= 0.3 is 0 Å². The average Bonchev–Trinajstić information content (AvgIpc) is 2.66. The Balaban J connectivity index is 1.91. The Bertz CT molecular complexity index is 267. The Morgan fingerprint density at radius 3 is 2.76 bits per heavy atom. The number of hydrogen-bond acceptors (Lipinski definition) is 3. The zero-order valence-corrected chi connectivity index (χ0v) is 10.4. The number of nitrogens with two attached hydrogens (primary N) is 1. The van der Waals surface area contributed by atoms with Crippen LogP contribution in [-0.2, 0) is 0 Å². The summed E-state index contributed by atoms with van der Waals surface area (Å²) in [5, 5.41) is 18.8. The highest BCUT2D eigenvalue weighted by atomic mass is 19.1. The molecule has 2 rings (SSSR count).